The smallest absolute Gasteiger partial charge is 0.194 e. The lowest BCUT2D eigenvalue weighted by Gasteiger charge is -2.36. The van der Waals surface area contributed by atoms with Crippen molar-refractivity contribution in [2.24, 2.45) is 12.0 Å². The lowest BCUT2D eigenvalue weighted by atomic mass is 10.3. The first-order valence-corrected chi connectivity index (χ1v) is 11.5. The molecule has 0 amide bonds. The number of aromatic nitrogens is 3. The Labute approximate surface area is 191 Å². The highest BCUT2D eigenvalue weighted by Crippen LogP contribution is 2.09. The zero-order valence-corrected chi connectivity index (χ0v) is 19.7. The van der Waals surface area contributed by atoms with Crippen molar-refractivity contribution in [2.45, 2.75) is 26.8 Å². The van der Waals surface area contributed by atoms with Crippen molar-refractivity contribution in [1.29, 1.82) is 0 Å². The number of piperazine rings is 1. The van der Waals surface area contributed by atoms with Gasteiger partial charge in [0.25, 0.3) is 0 Å². The van der Waals surface area contributed by atoms with Crippen molar-refractivity contribution in [3.63, 3.8) is 0 Å². The van der Waals surface area contributed by atoms with E-state index in [2.05, 4.69) is 25.3 Å². The Morgan fingerprint density at radius 1 is 1.09 bits per heavy atom. The molecule has 3 rings (SSSR count). The van der Waals surface area contributed by atoms with Crippen LogP contribution in [0.25, 0.3) is 0 Å². The lowest BCUT2D eigenvalue weighted by molar-refractivity contribution is 0.143. The van der Waals surface area contributed by atoms with Crippen LogP contribution in [0.1, 0.15) is 25.0 Å². The maximum atomic E-state index is 5.85. The van der Waals surface area contributed by atoms with Gasteiger partial charge in [-0.2, -0.15) is 0 Å². The number of guanidine groups is 1. The normalized spacial score (nSPS) is 15.2. The Morgan fingerprint density at radius 3 is 2.56 bits per heavy atom. The van der Waals surface area contributed by atoms with E-state index in [1.54, 1.807) is 0 Å². The second-order valence-electron chi connectivity index (χ2n) is 7.83. The molecule has 1 aromatic heterocycles. The van der Waals surface area contributed by atoms with Gasteiger partial charge in [-0.1, -0.05) is 18.2 Å². The lowest BCUT2D eigenvalue weighted by Crippen LogP contribution is -2.53. The average molecular weight is 444 g/mol. The number of hydrogen-bond acceptors (Lipinski definition) is 6. The summed E-state index contributed by atoms with van der Waals surface area (Å²) >= 11 is 0. The minimum Gasteiger partial charge on any atom is -0.492 e. The highest BCUT2D eigenvalue weighted by molar-refractivity contribution is 5.80. The van der Waals surface area contributed by atoms with Crippen LogP contribution in [0.2, 0.25) is 0 Å². The summed E-state index contributed by atoms with van der Waals surface area (Å²) < 4.78 is 13.3. The van der Waals surface area contributed by atoms with Crippen LogP contribution < -0.4 is 10.1 Å². The van der Waals surface area contributed by atoms with Gasteiger partial charge in [0.2, 0.25) is 0 Å². The summed E-state index contributed by atoms with van der Waals surface area (Å²) in [6, 6.07) is 9.99. The first kappa shape index (κ1) is 24.0. The highest BCUT2D eigenvalue weighted by atomic mass is 16.5. The minimum absolute atomic E-state index is 0.510. The van der Waals surface area contributed by atoms with Gasteiger partial charge in [-0.05, 0) is 32.4 Å². The summed E-state index contributed by atoms with van der Waals surface area (Å²) in [5, 5.41) is 11.9. The zero-order valence-electron chi connectivity index (χ0n) is 19.7. The van der Waals surface area contributed by atoms with Crippen molar-refractivity contribution >= 4 is 5.96 Å². The van der Waals surface area contributed by atoms with Gasteiger partial charge in [0.05, 0.1) is 0 Å². The first-order valence-electron chi connectivity index (χ1n) is 11.5. The Bertz CT molecular complexity index is 817. The van der Waals surface area contributed by atoms with Gasteiger partial charge >= 0.3 is 0 Å². The van der Waals surface area contributed by atoms with Crippen LogP contribution in [0.15, 0.2) is 35.3 Å². The van der Waals surface area contributed by atoms with Crippen molar-refractivity contribution < 1.29 is 9.47 Å². The van der Waals surface area contributed by atoms with Crippen LogP contribution in [0.3, 0.4) is 0 Å². The molecule has 1 aliphatic rings. The number of aryl methyl sites for hydroxylation is 1. The number of rotatable bonds is 11. The molecule has 1 aromatic carbocycles. The van der Waals surface area contributed by atoms with Gasteiger partial charge in [0.1, 0.15) is 24.7 Å². The predicted molar refractivity (Wildman–Crippen MR) is 126 cm³/mol. The standard InChI is InChI=1S/C23H37N7O2/c1-4-31-17-8-11-24-23(25-19-22-27-26-20(2)28(22)3)30-14-12-29(13-15-30)16-18-32-21-9-6-5-7-10-21/h5-7,9-10H,4,8,11-19H2,1-3H3,(H,24,25). The van der Waals surface area contributed by atoms with Crippen molar-refractivity contribution in [2.75, 3.05) is 59.1 Å². The van der Waals surface area contributed by atoms with E-state index in [1.165, 1.54) is 0 Å². The van der Waals surface area contributed by atoms with Crippen LogP contribution in [-0.4, -0.2) is 89.6 Å². The Balaban J connectivity index is 1.49. The molecule has 0 bridgehead atoms. The van der Waals surface area contributed by atoms with E-state index < -0.39 is 0 Å². The van der Waals surface area contributed by atoms with E-state index in [9.17, 15) is 0 Å². The molecule has 0 radical (unpaired) electrons. The molecule has 0 spiro atoms. The number of hydrogen-bond donors (Lipinski definition) is 1. The van der Waals surface area contributed by atoms with Crippen LogP contribution in [0, 0.1) is 6.92 Å². The number of nitrogens with zero attached hydrogens (tertiary/aromatic N) is 6. The molecule has 9 heteroatoms. The number of benzene rings is 1. The molecule has 0 unspecified atom stereocenters. The highest BCUT2D eigenvalue weighted by Gasteiger charge is 2.20. The molecule has 1 aliphatic heterocycles. The van der Waals surface area contributed by atoms with E-state index in [1.807, 2.05) is 55.8 Å². The molecule has 2 heterocycles. The van der Waals surface area contributed by atoms with Crippen molar-refractivity contribution in [1.82, 2.24) is 29.9 Å². The van der Waals surface area contributed by atoms with E-state index in [0.717, 1.165) is 82.3 Å². The fraction of sp³-hybridized carbons (Fsp3) is 0.609. The molecule has 0 saturated carbocycles. The fourth-order valence-electron chi connectivity index (χ4n) is 3.51. The largest absolute Gasteiger partial charge is 0.492 e. The Morgan fingerprint density at radius 2 is 1.88 bits per heavy atom. The van der Waals surface area contributed by atoms with Crippen LogP contribution in [0.5, 0.6) is 5.75 Å². The molecule has 0 atom stereocenters. The number of para-hydroxylation sites is 1. The SMILES string of the molecule is CCOCCCNC(=NCc1nnc(C)n1C)N1CCN(CCOc2ccccc2)CC1. The fourth-order valence-corrected chi connectivity index (χ4v) is 3.51. The van der Waals surface area contributed by atoms with Crippen LogP contribution >= 0.6 is 0 Å². The Kier molecular flexibility index (Phi) is 9.77. The third-order valence-corrected chi connectivity index (χ3v) is 5.60. The minimum atomic E-state index is 0.510. The van der Waals surface area contributed by atoms with Crippen molar-refractivity contribution in [3.8, 4) is 5.75 Å². The molecule has 9 nitrogen and oxygen atoms in total. The summed E-state index contributed by atoms with van der Waals surface area (Å²) in [5.41, 5.74) is 0. The topological polar surface area (TPSA) is 80.0 Å². The Hall–Kier alpha value is -2.65. The van der Waals surface area contributed by atoms with E-state index in [4.69, 9.17) is 14.5 Å². The number of nitrogens with one attached hydrogen (secondary N) is 1. The first-order chi connectivity index (χ1) is 15.7. The average Bonchev–Trinajstić information content (AvgIpc) is 3.14. The molecule has 2 aromatic rings. The van der Waals surface area contributed by atoms with Gasteiger partial charge in [-0.25, -0.2) is 4.99 Å². The van der Waals surface area contributed by atoms with Crippen LogP contribution in [0.4, 0.5) is 0 Å². The van der Waals surface area contributed by atoms with Crippen molar-refractivity contribution in [3.05, 3.63) is 42.0 Å². The zero-order chi connectivity index (χ0) is 22.6. The second-order valence-corrected chi connectivity index (χ2v) is 7.83. The van der Waals surface area contributed by atoms with Gasteiger partial charge in [0, 0.05) is 59.5 Å². The summed E-state index contributed by atoms with van der Waals surface area (Å²) in [7, 11) is 1.98. The molecular weight excluding hydrogens is 406 g/mol. The molecular formula is C23H37N7O2. The number of ether oxygens (including phenoxy) is 2. The molecule has 32 heavy (non-hydrogen) atoms. The third-order valence-electron chi connectivity index (χ3n) is 5.60. The maximum Gasteiger partial charge on any atom is 0.194 e. The third kappa shape index (κ3) is 7.49. The quantitative estimate of drug-likeness (QED) is 0.322. The molecule has 1 N–H and O–H groups in total. The van der Waals surface area contributed by atoms with E-state index >= 15 is 0 Å². The molecule has 1 saturated heterocycles. The molecule has 1 fully saturated rings. The van der Waals surface area contributed by atoms with Crippen LogP contribution in [-0.2, 0) is 18.3 Å². The van der Waals surface area contributed by atoms with E-state index in [-0.39, 0.29) is 0 Å². The van der Waals surface area contributed by atoms with Gasteiger partial charge in [0.15, 0.2) is 11.8 Å². The number of aliphatic imine (C=N–C) groups is 1. The maximum absolute atomic E-state index is 5.85. The van der Waals surface area contributed by atoms with Gasteiger partial charge in [-0.15, -0.1) is 10.2 Å². The summed E-state index contributed by atoms with van der Waals surface area (Å²) in [6.45, 7) is 12.3. The summed E-state index contributed by atoms with van der Waals surface area (Å²) in [5.74, 6) is 3.62. The predicted octanol–water partition coefficient (Wildman–Crippen LogP) is 1.69. The summed E-state index contributed by atoms with van der Waals surface area (Å²) in [4.78, 5) is 9.64. The molecule has 176 valence electrons. The summed E-state index contributed by atoms with van der Waals surface area (Å²) in [6.07, 6.45) is 0.951. The second kappa shape index (κ2) is 13.0. The van der Waals surface area contributed by atoms with E-state index in [0.29, 0.717) is 13.2 Å². The van der Waals surface area contributed by atoms with Gasteiger partial charge < -0.3 is 24.3 Å². The monoisotopic (exact) mass is 443 g/mol. The molecule has 0 aliphatic carbocycles. The van der Waals surface area contributed by atoms with Gasteiger partial charge in [-0.3, -0.25) is 4.90 Å².